The van der Waals surface area contributed by atoms with Gasteiger partial charge in [0, 0.05) is 36.0 Å². The van der Waals surface area contributed by atoms with Crippen LogP contribution in [0, 0.1) is 25.5 Å². The van der Waals surface area contributed by atoms with E-state index in [0.29, 0.717) is 6.54 Å². The summed E-state index contributed by atoms with van der Waals surface area (Å²) >= 11 is 0. The lowest BCUT2D eigenvalue weighted by molar-refractivity contribution is 0.169. The van der Waals surface area contributed by atoms with E-state index in [0.717, 1.165) is 29.1 Å². The summed E-state index contributed by atoms with van der Waals surface area (Å²) in [5.41, 5.74) is 2.95. The van der Waals surface area contributed by atoms with E-state index in [1.165, 1.54) is 6.07 Å². The second-order valence-electron chi connectivity index (χ2n) is 4.73. The number of aliphatic hydroxyl groups is 1. The maximum absolute atomic E-state index is 13.5. The molecule has 0 fully saturated rings. The first-order valence-electron chi connectivity index (χ1n) is 6.33. The van der Waals surface area contributed by atoms with Crippen LogP contribution in [0.4, 0.5) is 8.78 Å². The summed E-state index contributed by atoms with van der Waals surface area (Å²) in [7, 11) is 0. The van der Waals surface area contributed by atoms with E-state index in [4.69, 9.17) is 0 Å². The minimum Gasteiger partial charge on any atom is -0.387 e. The predicted molar refractivity (Wildman–Crippen MR) is 71.1 cm³/mol. The van der Waals surface area contributed by atoms with Crippen molar-refractivity contribution < 1.29 is 13.9 Å². The van der Waals surface area contributed by atoms with Crippen molar-refractivity contribution in [3.05, 3.63) is 52.3 Å². The van der Waals surface area contributed by atoms with E-state index in [-0.39, 0.29) is 12.1 Å². The van der Waals surface area contributed by atoms with E-state index < -0.39 is 17.7 Å². The minimum atomic E-state index is -1.02. The first-order valence-corrected chi connectivity index (χ1v) is 6.33. The molecule has 2 rings (SSSR count). The molecule has 1 heterocycles. The number of hydrogen-bond donors (Lipinski definition) is 3. The van der Waals surface area contributed by atoms with Gasteiger partial charge in [0.1, 0.15) is 11.6 Å². The maximum atomic E-state index is 13.5. The molecule has 1 aromatic heterocycles. The molecule has 0 unspecified atom stereocenters. The van der Waals surface area contributed by atoms with Crippen LogP contribution in [-0.4, -0.2) is 21.8 Å². The quantitative estimate of drug-likeness (QED) is 0.787. The molecule has 0 saturated heterocycles. The number of aliphatic hydroxyl groups excluding tert-OH is 1. The van der Waals surface area contributed by atoms with Gasteiger partial charge in [-0.1, -0.05) is 6.07 Å². The average molecular weight is 281 g/mol. The monoisotopic (exact) mass is 281 g/mol. The van der Waals surface area contributed by atoms with Gasteiger partial charge in [-0.3, -0.25) is 5.10 Å². The van der Waals surface area contributed by atoms with Crippen LogP contribution in [0.1, 0.15) is 28.6 Å². The van der Waals surface area contributed by atoms with E-state index in [2.05, 4.69) is 15.5 Å². The number of aromatic nitrogens is 2. The SMILES string of the molecule is Cc1n[nH]c(C)c1CNC[C@@H](O)c1ccc(F)cc1F. The number of rotatable bonds is 5. The summed E-state index contributed by atoms with van der Waals surface area (Å²) in [6.45, 7) is 4.49. The van der Waals surface area contributed by atoms with Crippen molar-refractivity contribution in [3.63, 3.8) is 0 Å². The van der Waals surface area contributed by atoms with Crippen LogP contribution in [0.3, 0.4) is 0 Å². The molecule has 0 amide bonds. The molecule has 0 aliphatic heterocycles. The molecule has 1 atom stereocenters. The fraction of sp³-hybridized carbons (Fsp3) is 0.357. The third-order valence-electron chi connectivity index (χ3n) is 3.24. The van der Waals surface area contributed by atoms with Gasteiger partial charge in [-0.2, -0.15) is 5.10 Å². The van der Waals surface area contributed by atoms with Gasteiger partial charge >= 0.3 is 0 Å². The van der Waals surface area contributed by atoms with Crippen molar-refractivity contribution in [2.24, 2.45) is 0 Å². The molecular weight excluding hydrogens is 264 g/mol. The zero-order chi connectivity index (χ0) is 14.7. The second-order valence-corrected chi connectivity index (χ2v) is 4.73. The molecule has 108 valence electrons. The van der Waals surface area contributed by atoms with Gasteiger partial charge in [0.25, 0.3) is 0 Å². The Morgan fingerprint density at radius 2 is 2.10 bits per heavy atom. The Kier molecular flexibility index (Phi) is 4.46. The Labute approximate surface area is 115 Å². The highest BCUT2D eigenvalue weighted by Crippen LogP contribution is 2.17. The van der Waals surface area contributed by atoms with Crippen molar-refractivity contribution >= 4 is 0 Å². The van der Waals surface area contributed by atoms with Crippen molar-refractivity contribution in [1.29, 1.82) is 0 Å². The molecule has 6 heteroatoms. The first kappa shape index (κ1) is 14.6. The van der Waals surface area contributed by atoms with Crippen LogP contribution in [-0.2, 0) is 6.54 Å². The number of halogens is 2. The third-order valence-corrected chi connectivity index (χ3v) is 3.24. The largest absolute Gasteiger partial charge is 0.387 e. The van der Waals surface area contributed by atoms with Gasteiger partial charge in [0.15, 0.2) is 0 Å². The van der Waals surface area contributed by atoms with Crippen molar-refractivity contribution in [2.75, 3.05) is 6.54 Å². The van der Waals surface area contributed by atoms with Crippen molar-refractivity contribution in [2.45, 2.75) is 26.5 Å². The second kappa shape index (κ2) is 6.11. The van der Waals surface area contributed by atoms with E-state index in [1.54, 1.807) is 0 Å². The van der Waals surface area contributed by atoms with Crippen LogP contribution in [0.5, 0.6) is 0 Å². The van der Waals surface area contributed by atoms with Crippen LogP contribution in [0.2, 0.25) is 0 Å². The summed E-state index contributed by atoms with van der Waals surface area (Å²) < 4.78 is 26.3. The lowest BCUT2D eigenvalue weighted by atomic mass is 10.1. The molecule has 0 aliphatic carbocycles. The smallest absolute Gasteiger partial charge is 0.131 e. The highest BCUT2D eigenvalue weighted by atomic mass is 19.1. The third kappa shape index (κ3) is 3.20. The van der Waals surface area contributed by atoms with Gasteiger partial charge < -0.3 is 10.4 Å². The number of aryl methyl sites for hydroxylation is 2. The number of aromatic amines is 1. The van der Waals surface area contributed by atoms with Gasteiger partial charge in [-0.25, -0.2) is 8.78 Å². The van der Waals surface area contributed by atoms with E-state index >= 15 is 0 Å². The van der Waals surface area contributed by atoms with Crippen LogP contribution in [0.25, 0.3) is 0 Å². The number of benzene rings is 1. The standard InChI is InChI=1S/C14H17F2N3O/c1-8-12(9(2)19-18-8)6-17-7-14(20)11-4-3-10(15)5-13(11)16/h3-5,14,17,20H,6-7H2,1-2H3,(H,18,19)/t14-/m1/s1. The van der Waals surface area contributed by atoms with Gasteiger partial charge in [0.2, 0.25) is 0 Å². The lowest BCUT2D eigenvalue weighted by Gasteiger charge is -2.13. The minimum absolute atomic E-state index is 0.0829. The van der Waals surface area contributed by atoms with Crippen LogP contribution in [0.15, 0.2) is 18.2 Å². The summed E-state index contributed by atoms with van der Waals surface area (Å²) in [6, 6.07) is 3.15. The fourth-order valence-electron chi connectivity index (χ4n) is 2.05. The Morgan fingerprint density at radius 1 is 1.35 bits per heavy atom. The highest BCUT2D eigenvalue weighted by molar-refractivity contribution is 5.23. The Balaban J connectivity index is 1.94. The van der Waals surface area contributed by atoms with Gasteiger partial charge in [-0.05, 0) is 19.9 Å². The molecule has 0 aliphatic rings. The van der Waals surface area contributed by atoms with E-state index in [1.807, 2.05) is 13.8 Å². The first-order chi connectivity index (χ1) is 9.49. The van der Waals surface area contributed by atoms with Crippen molar-refractivity contribution in [3.8, 4) is 0 Å². The topological polar surface area (TPSA) is 60.9 Å². The normalized spacial score (nSPS) is 12.7. The molecule has 4 nitrogen and oxygen atoms in total. The number of hydrogen-bond acceptors (Lipinski definition) is 3. The Bertz CT molecular complexity index is 579. The van der Waals surface area contributed by atoms with Crippen LogP contribution >= 0.6 is 0 Å². The van der Waals surface area contributed by atoms with Crippen LogP contribution < -0.4 is 5.32 Å². The molecule has 20 heavy (non-hydrogen) atoms. The molecule has 0 bridgehead atoms. The molecule has 0 saturated carbocycles. The fourth-order valence-corrected chi connectivity index (χ4v) is 2.05. The van der Waals surface area contributed by atoms with Gasteiger partial charge in [-0.15, -0.1) is 0 Å². The number of H-pyrrole nitrogens is 1. The number of nitrogens with zero attached hydrogens (tertiary/aromatic N) is 1. The Hall–Kier alpha value is -1.79. The van der Waals surface area contributed by atoms with Gasteiger partial charge in [0.05, 0.1) is 11.8 Å². The molecule has 0 spiro atoms. The predicted octanol–water partition coefficient (Wildman–Crippen LogP) is 2.13. The maximum Gasteiger partial charge on any atom is 0.131 e. The zero-order valence-electron chi connectivity index (χ0n) is 11.4. The Morgan fingerprint density at radius 3 is 2.70 bits per heavy atom. The number of nitrogens with one attached hydrogen (secondary N) is 2. The summed E-state index contributed by atoms with van der Waals surface area (Å²) in [5.74, 6) is -1.40. The molecule has 1 aromatic carbocycles. The summed E-state index contributed by atoms with van der Waals surface area (Å²) in [4.78, 5) is 0. The summed E-state index contributed by atoms with van der Waals surface area (Å²) in [6.07, 6.45) is -1.02. The van der Waals surface area contributed by atoms with E-state index in [9.17, 15) is 13.9 Å². The zero-order valence-corrected chi connectivity index (χ0v) is 11.4. The average Bonchev–Trinajstić information content (AvgIpc) is 2.70. The van der Waals surface area contributed by atoms with Crippen molar-refractivity contribution in [1.82, 2.24) is 15.5 Å². The highest BCUT2D eigenvalue weighted by Gasteiger charge is 2.14. The molecular formula is C14H17F2N3O. The lowest BCUT2D eigenvalue weighted by Crippen LogP contribution is -2.22. The summed E-state index contributed by atoms with van der Waals surface area (Å²) in [5, 5.41) is 19.9. The molecule has 3 N–H and O–H groups in total. The molecule has 0 radical (unpaired) electrons. The molecule has 2 aromatic rings.